The van der Waals surface area contributed by atoms with Crippen LogP contribution in [0.5, 0.6) is 17.2 Å². The standard InChI is InChI=1S/C21H28N4O4S/c1-5-10-25-20(14-11-16(27-2)19(29-4)17(12-14)28-3)23-24-21(25)30-13-18(26)22-15-8-6-7-9-15/h5,11-12,15H,1,6-10,13H2,2-4H3,(H,22,26). The van der Waals surface area contributed by atoms with Gasteiger partial charge in [0, 0.05) is 18.2 Å². The summed E-state index contributed by atoms with van der Waals surface area (Å²) in [5, 5.41) is 12.4. The van der Waals surface area contributed by atoms with Crippen LogP contribution in [0.15, 0.2) is 29.9 Å². The molecule has 1 aromatic heterocycles. The highest BCUT2D eigenvalue weighted by molar-refractivity contribution is 7.99. The van der Waals surface area contributed by atoms with Crippen LogP contribution in [0.3, 0.4) is 0 Å². The highest BCUT2D eigenvalue weighted by atomic mass is 32.2. The molecule has 3 rings (SSSR count). The molecule has 8 nitrogen and oxygen atoms in total. The van der Waals surface area contributed by atoms with Crippen LogP contribution in [0.1, 0.15) is 25.7 Å². The fourth-order valence-electron chi connectivity index (χ4n) is 3.58. The maximum absolute atomic E-state index is 12.3. The molecule has 2 aromatic rings. The number of carbonyl (C=O) groups excluding carboxylic acids is 1. The first-order valence-electron chi connectivity index (χ1n) is 9.87. The van der Waals surface area contributed by atoms with Crippen molar-refractivity contribution >= 4 is 17.7 Å². The van der Waals surface area contributed by atoms with E-state index in [1.165, 1.54) is 24.6 Å². The third-order valence-corrected chi connectivity index (χ3v) is 5.97. The number of aromatic nitrogens is 3. The average Bonchev–Trinajstić information content (AvgIpc) is 3.41. The summed E-state index contributed by atoms with van der Waals surface area (Å²) in [6.45, 7) is 4.34. The predicted molar refractivity (Wildman–Crippen MR) is 116 cm³/mol. The third-order valence-electron chi connectivity index (χ3n) is 5.00. The number of ether oxygens (including phenoxy) is 3. The number of thioether (sulfide) groups is 1. The average molecular weight is 433 g/mol. The van der Waals surface area contributed by atoms with Gasteiger partial charge in [0.05, 0.1) is 27.1 Å². The van der Waals surface area contributed by atoms with Crippen molar-refractivity contribution in [3.63, 3.8) is 0 Å². The lowest BCUT2D eigenvalue weighted by molar-refractivity contribution is -0.119. The van der Waals surface area contributed by atoms with Gasteiger partial charge < -0.3 is 19.5 Å². The highest BCUT2D eigenvalue weighted by Crippen LogP contribution is 2.41. The second kappa shape index (κ2) is 10.4. The number of methoxy groups -OCH3 is 3. The lowest BCUT2D eigenvalue weighted by atomic mass is 10.1. The van der Waals surface area contributed by atoms with E-state index < -0.39 is 0 Å². The Labute approximate surface area is 181 Å². The smallest absolute Gasteiger partial charge is 0.230 e. The van der Waals surface area contributed by atoms with E-state index in [0.29, 0.717) is 46.6 Å². The quantitative estimate of drug-likeness (QED) is 0.455. The Bertz CT molecular complexity index is 868. The molecule has 0 atom stereocenters. The molecule has 1 fully saturated rings. The Morgan fingerprint density at radius 2 is 1.87 bits per heavy atom. The summed E-state index contributed by atoms with van der Waals surface area (Å²) in [5.74, 6) is 2.52. The van der Waals surface area contributed by atoms with E-state index in [4.69, 9.17) is 14.2 Å². The van der Waals surface area contributed by atoms with Gasteiger partial charge in [-0.05, 0) is 25.0 Å². The molecule has 9 heteroatoms. The van der Waals surface area contributed by atoms with E-state index >= 15 is 0 Å². The number of allylic oxidation sites excluding steroid dienone is 1. The Kier molecular flexibility index (Phi) is 7.62. The normalized spacial score (nSPS) is 13.8. The molecule has 1 aromatic carbocycles. The number of nitrogens with one attached hydrogen (secondary N) is 1. The minimum atomic E-state index is 0.0226. The summed E-state index contributed by atoms with van der Waals surface area (Å²) < 4.78 is 18.2. The van der Waals surface area contributed by atoms with E-state index in [2.05, 4.69) is 22.1 Å². The van der Waals surface area contributed by atoms with Crippen LogP contribution in [0, 0.1) is 0 Å². The van der Waals surface area contributed by atoms with Crippen LogP contribution in [-0.4, -0.2) is 53.8 Å². The van der Waals surface area contributed by atoms with Crippen molar-refractivity contribution < 1.29 is 19.0 Å². The van der Waals surface area contributed by atoms with Crippen molar-refractivity contribution in [2.75, 3.05) is 27.1 Å². The maximum atomic E-state index is 12.3. The topological polar surface area (TPSA) is 87.5 Å². The fourth-order valence-corrected chi connectivity index (χ4v) is 4.34. The fraction of sp³-hybridized carbons (Fsp3) is 0.476. The molecule has 1 aliphatic rings. The second-order valence-corrected chi connectivity index (χ2v) is 7.90. The first-order valence-corrected chi connectivity index (χ1v) is 10.9. The molecule has 1 saturated carbocycles. The number of nitrogens with zero attached hydrogens (tertiary/aromatic N) is 3. The Morgan fingerprint density at radius 1 is 1.20 bits per heavy atom. The lowest BCUT2D eigenvalue weighted by Crippen LogP contribution is -2.33. The van der Waals surface area contributed by atoms with Crippen LogP contribution < -0.4 is 19.5 Å². The van der Waals surface area contributed by atoms with Gasteiger partial charge in [0.15, 0.2) is 22.5 Å². The van der Waals surface area contributed by atoms with Crippen molar-refractivity contribution in [3.8, 4) is 28.6 Å². The predicted octanol–water partition coefficient (Wildman–Crippen LogP) is 3.31. The minimum absolute atomic E-state index is 0.0226. The van der Waals surface area contributed by atoms with E-state index in [1.54, 1.807) is 27.4 Å². The van der Waals surface area contributed by atoms with E-state index in [0.717, 1.165) is 18.4 Å². The Hall–Kier alpha value is -2.68. The minimum Gasteiger partial charge on any atom is -0.493 e. The van der Waals surface area contributed by atoms with Gasteiger partial charge in [-0.25, -0.2) is 0 Å². The summed E-state index contributed by atoms with van der Waals surface area (Å²) in [6.07, 6.45) is 6.27. The molecular weight excluding hydrogens is 404 g/mol. The first-order chi connectivity index (χ1) is 14.6. The molecule has 30 heavy (non-hydrogen) atoms. The monoisotopic (exact) mass is 432 g/mol. The van der Waals surface area contributed by atoms with Gasteiger partial charge in [0.2, 0.25) is 11.7 Å². The van der Waals surface area contributed by atoms with Crippen LogP contribution in [-0.2, 0) is 11.3 Å². The van der Waals surface area contributed by atoms with Gasteiger partial charge in [-0.2, -0.15) is 0 Å². The molecule has 0 aliphatic heterocycles. The van der Waals surface area contributed by atoms with Crippen LogP contribution in [0.4, 0.5) is 0 Å². The number of rotatable bonds is 10. The maximum Gasteiger partial charge on any atom is 0.230 e. The molecule has 1 amide bonds. The molecule has 0 saturated heterocycles. The van der Waals surface area contributed by atoms with Crippen LogP contribution in [0.25, 0.3) is 11.4 Å². The summed E-state index contributed by atoms with van der Waals surface area (Å²) >= 11 is 1.36. The van der Waals surface area contributed by atoms with E-state index in [9.17, 15) is 4.79 Å². The number of amides is 1. The number of hydrogen-bond donors (Lipinski definition) is 1. The van der Waals surface area contributed by atoms with Crippen molar-refractivity contribution in [2.45, 2.75) is 43.4 Å². The molecule has 1 heterocycles. The van der Waals surface area contributed by atoms with Gasteiger partial charge in [-0.3, -0.25) is 9.36 Å². The highest BCUT2D eigenvalue weighted by Gasteiger charge is 2.21. The molecular formula is C21H28N4O4S. The molecule has 1 N–H and O–H groups in total. The van der Waals surface area contributed by atoms with Crippen LogP contribution in [0.2, 0.25) is 0 Å². The number of hydrogen-bond acceptors (Lipinski definition) is 7. The SMILES string of the molecule is C=CCn1c(SCC(=O)NC2CCCC2)nnc1-c1cc(OC)c(OC)c(OC)c1. The summed E-state index contributed by atoms with van der Waals surface area (Å²) in [7, 11) is 4.70. The van der Waals surface area contributed by atoms with E-state index in [-0.39, 0.29) is 5.91 Å². The van der Waals surface area contributed by atoms with Gasteiger partial charge in [-0.15, -0.1) is 16.8 Å². The first kappa shape index (κ1) is 22.0. The molecule has 0 unspecified atom stereocenters. The third kappa shape index (κ3) is 4.89. The van der Waals surface area contributed by atoms with Crippen molar-refractivity contribution in [3.05, 3.63) is 24.8 Å². The number of carbonyl (C=O) groups is 1. The zero-order valence-corrected chi connectivity index (χ0v) is 18.5. The van der Waals surface area contributed by atoms with Gasteiger partial charge >= 0.3 is 0 Å². The second-order valence-electron chi connectivity index (χ2n) is 6.96. The summed E-state index contributed by atoms with van der Waals surface area (Å²) in [6, 6.07) is 3.96. The van der Waals surface area contributed by atoms with Crippen molar-refractivity contribution in [2.24, 2.45) is 0 Å². The van der Waals surface area contributed by atoms with Gasteiger partial charge in [0.1, 0.15) is 0 Å². The largest absolute Gasteiger partial charge is 0.493 e. The summed E-state index contributed by atoms with van der Waals surface area (Å²) in [5.41, 5.74) is 0.765. The molecule has 162 valence electrons. The lowest BCUT2D eigenvalue weighted by Gasteiger charge is -2.14. The molecule has 0 radical (unpaired) electrons. The van der Waals surface area contributed by atoms with Crippen molar-refractivity contribution in [1.82, 2.24) is 20.1 Å². The Balaban J connectivity index is 1.83. The van der Waals surface area contributed by atoms with E-state index in [1.807, 2.05) is 16.7 Å². The molecule has 0 bridgehead atoms. The number of benzene rings is 1. The zero-order valence-electron chi connectivity index (χ0n) is 17.6. The zero-order chi connectivity index (χ0) is 21.5. The van der Waals surface area contributed by atoms with Crippen LogP contribution >= 0.6 is 11.8 Å². The molecule has 1 aliphatic carbocycles. The Morgan fingerprint density at radius 3 is 2.43 bits per heavy atom. The van der Waals surface area contributed by atoms with Gasteiger partial charge in [-0.1, -0.05) is 30.7 Å². The summed E-state index contributed by atoms with van der Waals surface area (Å²) in [4.78, 5) is 12.3. The van der Waals surface area contributed by atoms with Crippen molar-refractivity contribution in [1.29, 1.82) is 0 Å². The van der Waals surface area contributed by atoms with Gasteiger partial charge in [0.25, 0.3) is 0 Å². The molecule has 0 spiro atoms.